The van der Waals surface area contributed by atoms with Crippen molar-refractivity contribution in [1.82, 2.24) is 15.6 Å². The number of halogens is 2. The number of aliphatic hydroxyl groups excluding tert-OH is 1. The fraction of sp³-hybridized carbons (Fsp3) is 0.278. The molecule has 2 aromatic heterocycles. The summed E-state index contributed by atoms with van der Waals surface area (Å²) in [7, 11) is 0. The topological polar surface area (TPSA) is 72.4 Å². The van der Waals surface area contributed by atoms with Gasteiger partial charge < -0.3 is 20.7 Å². The van der Waals surface area contributed by atoms with Crippen molar-refractivity contribution >= 4 is 63.8 Å². The molecule has 5 nitrogen and oxygen atoms in total. The molecule has 3 aromatic rings. The van der Waals surface area contributed by atoms with Crippen molar-refractivity contribution < 1.29 is 5.11 Å². The average Bonchev–Trinajstić information content (AvgIpc) is 3.22. The molecule has 0 aliphatic rings. The van der Waals surface area contributed by atoms with Gasteiger partial charge in [0, 0.05) is 29.2 Å². The highest BCUT2D eigenvalue weighted by molar-refractivity contribution is 14.0. The number of fused-ring (bicyclic) bond motifs is 1. The third-order valence-corrected chi connectivity index (χ3v) is 5.06. The zero-order chi connectivity index (χ0) is 17.6. The minimum Gasteiger partial charge on any atom is -0.386 e. The maximum Gasteiger partial charge on any atom is 0.191 e. The smallest absolute Gasteiger partial charge is 0.191 e. The van der Waals surface area contributed by atoms with Crippen LogP contribution in [-0.2, 0) is 6.54 Å². The number of para-hydroxylation sites is 1. The Kier molecular flexibility index (Phi) is 8.20. The number of H-pyrrole nitrogens is 1. The van der Waals surface area contributed by atoms with Gasteiger partial charge in [-0.15, -0.1) is 35.3 Å². The summed E-state index contributed by atoms with van der Waals surface area (Å²) >= 11 is 7.30. The number of aliphatic imine (C=N–C) groups is 1. The molecule has 3 rings (SSSR count). The Morgan fingerprint density at radius 2 is 2.08 bits per heavy atom. The Bertz CT molecular complexity index is 831. The number of hydrogen-bond donors (Lipinski definition) is 4. The van der Waals surface area contributed by atoms with E-state index in [2.05, 4.69) is 38.8 Å². The van der Waals surface area contributed by atoms with E-state index in [9.17, 15) is 5.11 Å². The Labute approximate surface area is 178 Å². The second-order valence-electron chi connectivity index (χ2n) is 5.62. The summed E-state index contributed by atoms with van der Waals surface area (Å²) in [6.45, 7) is 3.66. The van der Waals surface area contributed by atoms with E-state index in [-0.39, 0.29) is 24.0 Å². The molecule has 1 atom stereocenters. The summed E-state index contributed by atoms with van der Waals surface area (Å²) in [6, 6.07) is 13.9. The summed E-state index contributed by atoms with van der Waals surface area (Å²) in [4.78, 5) is 8.78. The number of nitrogens with one attached hydrogen (secondary N) is 3. The van der Waals surface area contributed by atoms with Crippen molar-refractivity contribution in [2.75, 3.05) is 13.1 Å². The number of aromatic amines is 1. The van der Waals surface area contributed by atoms with E-state index in [1.54, 1.807) is 6.07 Å². The molecule has 0 radical (unpaired) electrons. The maximum atomic E-state index is 10.2. The molecule has 0 amide bonds. The quantitative estimate of drug-likeness (QED) is 0.230. The van der Waals surface area contributed by atoms with Crippen LogP contribution in [0, 0.1) is 0 Å². The molecule has 0 saturated carbocycles. The lowest BCUT2D eigenvalue weighted by molar-refractivity contribution is 0.184. The molecule has 1 aromatic carbocycles. The lowest BCUT2D eigenvalue weighted by Gasteiger charge is -2.14. The molecule has 140 valence electrons. The van der Waals surface area contributed by atoms with Crippen LogP contribution in [0.15, 0.2) is 47.5 Å². The van der Waals surface area contributed by atoms with Gasteiger partial charge in [0.25, 0.3) is 0 Å². The summed E-state index contributed by atoms with van der Waals surface area (Å²) in [6.07, 6.45) is -0.616. The van der Waals surface area contributed by atoms with Crippen molar-refractivity contribution in [2.24, 2.45) is 4.99 Å². The molecule has 0 fully saturated rings. The molecule has 8 heteroatoms. The van der Waals surface area contributed by atoms with Crippen LogP contribution in [0.5, 0.6) is 0 Å². The highest BCUT2D eigenvalue weighted by Gasteiger charge is 2.11. The van der Waals surface area contributed by atoms with Crippen LogP contribution in [0.25, 0.3) is 10.9 Å². The van der Waals surface area contributed by atoms with Crippen LogP contribution >= 0.6 is 46.9 Å². The van der Waals surface area contributed by atoms with Gasteiger partial charge in [0.2, 0.25) is 0 Å². The summed E-state index contributed by atoms with van der Waals surface area (Å²) in [5.41, 5.74) is 2.15. The number of nitrogens with zero attached hydrogens (tertiary/aromatic N) is 1. The maximum absolute atomic E-state index is 10.2. The lowest BCUT2D eigenvalue weighted by Crippen LogP contribution is -2.39. The number of rotatable bonds is 6. The minimum atomic E-state index is -0.616. The molecule has 4 N–H and O–H groups in total. The second-order valence-corrected chi connectivity index (χ2v) is 7.36. The van der Waals surface area contributed by atoms with Gasteiger partial charge >= 0.3 is 0 Å². The zero-order valence-electron chi connectivity index (χ0n) is 14.3. The van der Waals surface area contributed by atoms with Gasteiger partial charge in [0.05, 0.1) is 10.9 Å². The van der Waals surface area contributed by atoms with E-state index in [1.165, 1.54) is 16.7 Å². The van der Waals surface area contributed by atoms with Crippen molar-refractivity contribution in [2.45, 2.75) is 19.6 Å². The Morgan fingerprint density at radius 3 is 2.77 bits per heavy atom. The number of hydrogen-bond acceptors (Lipinski definition) is 3. The normalized spacial score (nSPS) is 12.7. The number of guanidine groups is 1. The van der Waals surface area contributed by atoms with Crippen LogP contribution in [0.2, 0.25) is 4.34 Å². The van der Waals surface area contributed by atoms with Crippen LogP contribution in [0.4, 0.5) is 0 Å². The van der Waals surface area contributed by atoms with Gasteiger partial charge in [-0.2, -0.15) is 0 Å². The average molecular weight is 505 g/mol. The van der Waals surface area contributed by atoms with E-state index in [0.717, 1.165) is 22.6 Å². The molecular formula is C18H22ClIN4OS. The van der Waals surface area contributed by atoms with E-state index < -0.39 is 6.10 Å². The van der Waals surface area contributed by atoms with Crippen molar-refractivity contribution in [1.29, 1.82) is 0 Å². The largest absolute Gasteiger partial charge is 0.386 e. The summed E-state index contributed by atoms with van der Waals surface area (Å²) in [5, 5.41) is 17.8. The zero-order valence-corrected chi connectivity index (χ0v) is 18.2. The molecule has 1 unspecified atom stereocenters. The van der Waals surface area contributed by atoms with Gasteiger partial charge in [0.15, 0.2) is 5.96 Å². The molecule has 0 aliphatic carbocycles. The Balaban J connectivity index is 0.00000243. The van der Waals surface area contributed by atoms with Gasteiger partial charge in [-0.05, 0) is 36.6 Å². The molecule has 26 heavy (non-hydrogen) atoms. The van der Waals surface area contributed by atoms with Crippen LogP contribution in [-0.4, -0.2) is 29.1 Å². The monoisotopic (exact) mass is 504 g/mol. The highest BCUT2D eigenvalue weighted by atomic mass is 127. The van der Waals surface area contributed by atoms with E-state index in [0.29, 0.717) is 23.4 Å². The molecule has 0 bridgehead atoms. The molecule has 0 aliphatic heterocycles. The first-order valence-electron chi connectivity index (χ1n) is 8.18. The second kappa shape index (κ2) is 10.1. The van der Waals surface area contributed by atoms with Gasteiger partial charge in [-0.3, -0.25) is 0 Å². The standard InChI is InChI=1S/C18H21ClN4OS.HI/c1-2-20-18(22-11-15(24)16-7-8-17(19)25-16)21-10-13-9-12-5-3-4-6-14(12)23-13;/h3-9,15,23-24H,2,10-11H2,1H3,(H2,20,21,22);1H. The third kappa shape index (κ3) is 5.60. The van der Waals surface area contributed by atoms with Crippen LogP contribution in [0.1, 0.15) is 23.6 Å². The Morgan fingerprint density at radius 1 is 1.27 bits per heavy atom. The van der Waals surface area contributed by atoms with Crippen molar-refractivity contribution in [3.63, 3.8) is 0 Å². The number of aliphatic hydroxyl groups is 1. The van der Waals surface area contributed by atoms with Gasteiger partial charge in [0.1, 0.15) is 6.10 Å². The molecule has 0 saturated heterocycles. The molecular weight excluding hydrogens is 483 g/mol. The SMILES string of the molecule is CCNC(=NCc1cc2ccccc2[nH]1)NCC(O)c1ccc(Cl)s1.I. The summed E-state index contributed by atoms with van der Waals surface area (Å²) in [5.74, 6) is 0.669. The molecule has 2 heterocycles. The van der Waals surface area contributed by atoms with Crippen molar-refractivity contribution in [3.05, 3.63) is 57.4 Å². The van der Waals surface area contributed by atoms with Crippen LogP contribution in [0.3, 0.4) is 0 Å². The van der Waals surface area contributed by atoms with Crippen LogP contribution < -0.4 is 10.6 Å². The summed E-state index contributed by atoms with van der Waals surface area (Å²) < 4.78 is 0.674. The van der Waals surface area contributed by atoms with Gasteiger partial charge in [-0.1, -0.05) is 29.8 Å². The first kappa shape index (κ1) is 21.0. The van der Waals surface area contributed by atoms with E-state index in [4.69, 9.17) is 11.6 Å². The van der Waals surface area contributed by atoms with Gasteiger partial charge in [-0.25, -0.2) is 4.99 Å². The first-order chi connectivity index (χ1) is 12.2. The molecule has 0 spiro atoms. The number of thiophene rings is 1. The highest BCUT2D eigenvalue weighted by Crippen LogP contribution is 2.26. The fourth-order valence-corrected chi connectivity index (χ4v) is 3.57. The third-order valence-electron chi connectivity index (χ3n) is 3.72. The van der Waals surface area contributed by atoms with E-state index >= 15 is 0 Å². The fourth-order valence-electron chi connectivity index (χ4n) is 2.53. The predicted octanol–water partition coefficient (Wildman–Crippen LogP) is 4.29. The number of aromatic nitrogens is 1. The minimum absolute atomic E-state index is 0. The van der Waals surface area contributed by atoms with Crippen molar-refractivity contribution in [3.8, 4) is 0 Å². The lowest BCUT2D eigenvalue weighted by atomic mass is 10.2. The number of benzene rings is 1. The first-order valence-corrected chi connectivity index (χ1v) is 9.37. The Hall–Kier alpha value is -1.29. The van der Waals surface area contributed by atoms with E-state index in [1.807, 2.05) is 25.1 Å². The predicted molar refractivity (Wildman–Crippen MR) is 121 cm³/mol.